The molecule has 0 unspecified atom stereocenters. The van der Waals surface area contributed by atoms with E-state index in [1.54, 1.807) is 23.4 Å². The summed E-state index contributed by atoms with van der Waals surface area (Å²) < 4.78 is 5.20. The van der Waals surface area contributed by atoms with Crippen molar-refractivity contribution in [2.75, 3.05) is 5.75 Å². The van der Waals surface area contributed by atoms with E-state index in [1.165, 1.54) is 27.2 Å². The van der Waals surface area contributed by atoms with Crippen LogP contribution in [0.25, 0.3) is 21.7 Å². The van der Waals surface area contributed by atoms with Crippen LogP contribution in [-0.4, -0.2) is 40.1 Å². The zero-order valence-electron chi connectivity index (χ0n) is 21.7. The summed E-state index contributed by atoms with van der Waals surface area (Å²) in [7, 11) is 1.59. The minimum Gasteiger partial charge on any atom is -0.336 e. The highest BCUT2D eigenvalue weighted by molar-refractivity contribution is 7.99. The monoisotopic (exact) mass is 519 g/mol. The molecule has 194 valence electrons. The number of nitrogens with one attached hydrogen (secondary N) is 1. The number of aromatic nitrogens is 7. The number of thioether (sulfide) groups is 1. The van der Waals surface area contributed by atoms with Crippen molar-refractivity contribution >= 4 is 33.4 Å². The fourth-order valence-electron chi connectivity index (χ4n) is 4.34. The first-order valence-electron chi connectivity index (χ1n) is 12.5. The lowest BCUT2D eigenvalue weighted by Gasteiger charge is -2.12. The molecule has 0 saturated heterocycles. The number of aromatic amines is 1. The lowest BCUT2D eigenvalue weighted by Crippen LogP contribution is -2.38. The van der Waals surface area contributed by atoms with Gasteiger partial charge in [0.25, 0.3) is 5.56 Å². The molecule has 9 nitrogen and oxygen atoms in total. The van der Waals surface area contributed by atoms with Gasteiger partial charge in [0, 0.05) is 26.3 Å². The minimum absolute atomic E-state index is 0.208. The Balaban J connectivity index is 0.000000572. The molecular weight excluding hydrogens is 486 g/mol. The van der Waals surface area contributed by atoms with E-state index in [9.17, 15) is 9.59 Å². The van der Waals surface area contributed by atoms with Gasteiger partial charge in [-0.1, -0.05) is 74.9 Å². The Morgan fingerprint density at radius 2 is 1.86 bits per heavy atom. The largest absolute Gasteiger partial charge is 0.336 e. The zero-order chi connectivity index (χ0) is 26.4. The third kappa shape index (κ3) is 5.85. The van der Waals surface area contributed by atoms with Crippen molar-refractivity contribution < 1.29 is 0 Å². The summed E-state index contributed by atoms with van der Waals surface area (Å²) >= 11 is 1.72. The van der Waals surface area contributed by atoms with Gasteiger partial charge < -0.3 is 4.57 Å². The van der Waals surface area contributed by atoms with Crippen molar-refractivity contribution in [2.45, 2.75) is 51.7 Å². The molecule has 0 spiro atoms. The lowest BCUT2D eigenvalue weighted by atomic mass is 10.0. The highest BCUT2D eigenvalue weighted by atomic mass is 32.2. The van der Waals surface area contributed by atoms with Crippen LogP contribution in [-0.2, 0) is 20.1 Å². The van der Waals surface area contributed by atoms with E-state index < -0.39 is 0 Å². The van der Waals surface area contributed by atoms with Gasteiger partial charge in [-0.3, -0.25) is 13.9 Å². The molecule has 3 heterocycles. The van der Waals surface area contributed by atoms with Gasteiger partial charge in [-0.05, 0) is 34.4 Å². The highest BCUT2D eigenvalue weighted by Gasteiger charge is 2.20. The third-order valence-corrected chi connectivity index (χ3v) is 7.32. The number of benzene rings is 2. The third-order valence-electron chi connectivity index (χ3n) is 6.11. The van der Waals surface area contributed by atoms with Crippen LogP contribution in [0.15, 0.2) is 69.6 Å². The number of tetrazole rings is 1. The number of H-pyrrole nitrogens is 1. The molecule has 0 aliphatic heterocycles. The summed E-state index contributed by atoms with van der Waals surface area (Å²) in [4.78, 5) is 26.2. The topological polar surface area (TPSA) is 103 Å². The van der Waals surface area contributed by atoms with Gasteiger partial charge in [0.05, 0.1) is 15.9 Å². The fourth-order valence-corrected chi connectivity index (χ4v) is 5.58. The van der Waals surface area contributed by atoms with Crippen LogP contribution < -0.4 is 11.2 Å². The number of hydrogen-bond donors (Lipinski definition) is 1. The van der Waals surface area contributed by atoms with Crippen molar-refractivity contribution in [2.24, 2.45) is 13.0 Å². The van der Waals surface area contributed by atoms with Gasteiger partial charge in [0.15, 0.2) is 6.33 Å². The summed E-state index contributed by atoms with van der Waals surface area (Å²) in [5.41, 5.74) is 1.49. The molecule has 0 fully saturated rings. The van der Waals surface area contributed by atoms with Crippen molar-refractivity contribution in [3.05, 3.63) is 81.4 Å². The second-order valence-electron chi connectivity index (χ2n) is 9.37. The van der Waals surface area contributed by atoms with Crippen LogP contribution in [0.3, 0.4) is 0 Å². The lowest BCUT2D eigenvalue weighted by molar-refractivity contribution is 0.502. The van der Waals surface area contributed by atoms with E-state index in [1.807, 2.05) is 6.20 Å². The maximum absolute atomic E-state index is 13.2. The summed E-state index contributed by atoms with van der Waals surface area (Å²) in [6, 6.07) is 14.7. The summed E-state index contributed by atoms with van der Waals surface area (Å²) in [5, 5.41) is 16.2. The van der Waals surface area contributed by atoms with Crippen molar-refractivity contribution in [1.29, 1.82) is 0 Å². The second kappa shape index (κ2) is 12.1. The minimum atomic E-state index is -0.247. The Hall–Kier alpha value is -3.66. The predicted molar refractivity (Wildman–Crippen MR) is 149 cm³/mol. The van der Waals surface area contributed by atoms with Gasteiger partial charge in [-0.25, -0.2) is 4.79 Å². The average molecular weight is 520 g/mol. The average Bonchev–Trinajstić information content (AvgIpc) is 3.58. The van der Waals surface area contributed by atoms with E-state index in [2.05, 4.69) is 88.4 Å². The van der Waals surface area contributed by atoms with Crippen LogP contribution in [0.5, 0.6) is 0 Å². The van der Waals surface area contributed by atoms with Gasteiger partial charge >= 0.3 is 5.69 Å². The van der Waals surface area contributed by atoms with Crippen LogP contribution in [0.2, 0.25) is 0 Å². The van der Waals surface area contributed by atoms with Gasteiger partial charge in [-0.2, -0.15) is 5.21 Å². The molecule has 0 aliphatic carbocycles. The molecule has 10 heteroatoms. The summed E-state index contributed by atoms with van der Waals surface area (Å²) in [6.45, 7) is 7.60. The Morgan fingerprint density at radius 3 is 2.54 bits per heavy atom. The van der Waals surface area contributed by atoms with Gasteiger partial charge in [0.2, 0.25) is 0 Å². The van der Waals surface area contributed by atoms with Gasteiger partial charge in [0.1, 0.15) is 0 Å². The Morgan fingerprint density at radius 1 is 1.08 bits per heavy atom. The first kappa shape index (κ1) is 26.4. The van der Waals surface area contributed by atoms with Crippen LogP contribution in [0.1, 0.15) is 39.2 Å². The van der Waals surface area contributed by atoms with Crippen molar-refractivity contribution in [3.8, 4) is 0 Å². The molecule has 5 rings (SSSR count). The Kier molecular flexibility index (Phi) is 8.60. The number of rotatable bonds is 8. The maximum Gasteiger partial charge on any atom is 0.331 e. The van der Waals surface area contributed by atoms with E-state index in [0.29, 0.717) is 24.4 Å². The number of fused-ring (bicyclic) bond motifs is 2. The molecule has 0 bridgehead atoms. The molecular formula is C27H33N7O2S. The van der Waals surface area contributed by atoms with E-state index >= 15 is 0 Å². The molecule has 5 aromatic rings. The molecule has 2 aromatic carbocycles. The smallest absolute Gasteiger partial charge is 0.331 e. The van der Waals surface area contributed by atoms with Gasteiger partial charge in [-0.15, -0.1) is 22.0 Å². The second-order valence-corrected chi connectivity index (χ2v) is 10.5. The molecule has 1 N–H and O–H groups in total. The molecule has 0 saturated carbocycles. The fraction of sp³-hybridized carbons (Fsp3) is 0.370. The first-order chi connectivity index (χ1) is 17.9. The summed E-state index contributed by atoms with van der Waals surface area (Å²) in [5.74, 6) is 1.24. The molecule has 0 radical (unpaired) electrons. The number of hydrogen-bond acceptors (Lipinski definition) is 6. The molecule has 0 amide bonds. The van der Waals surface area contributed by atoms with Crippen molar-refractivity contribution in [1.82, 2.24) is 34.3 Å². The van der Waals surface area contributed by atoms with Crippen molar-refractivity contribution in [3.63, 3.8) is 0 Å². The predicted octanol–water partition coefficient (Wildman–Crippen LogP) is 4.45. The molecule has 0 aliphatic rings. The van der Waals surface area contributed by atoms with Crippen LogP contribution in [0, 0.1) is 5.92 Å². The SMILES string of the molecule is CCCCSc1c2c(=O)n(C)c(=O)n(CC(C)C)c2cn1Cc1cccc2ccccc12.c1nn[nH]n1. The van der Waals surface area contributed by atoms with E-state index in [0.717, 1.165) is 29.1 Å². The zero-order valence-corrected chi connectivity index (χ0v) is 22.5. The van der Waals surface area contributed by atoms with Crippen LogP contribution >= 0.6 is 11.8 Å². The quantitative estimate of drug-likeness (QED) is 0.240. The molecule has 0 atom stereocenters. The van der Waals surface area contributed by atoms with E-state index in [4.69, 9.17) is 0 Å². The maximum atomic E-state index is 13.2. The Bertz CT molecular complexity index is 1560. The summed E-state index contributed by atoms with van der Waals surface area (Å²) in [6.07, 6.45) is 5.53. The first-order valence-corrected chi connectivity index (χ1v) is 13.5. The Labute approximate surface area is 219 Å². The standard InChI is InChI=1S/C26H31N3O2S.CH2N4/c1-5-6-14-32-25-23-22(29(15-18(2)3)26(31)27(4)24(23)30)17-28(25)16-20-12-9-11-19-10-7-8-13-21(19)20;1-2-4-5-3-1/h7-13,17-18H,5-6,14-16H2,1-4H3;1H,(H,2,3,4,5). The highest BCUT2D eigenvalue weighted by Crippen LogP contribution is 2.30. The number of unbranched alkanes of at least 4 members (excludes halogenated alkanes) is 1. The van der Waals surface area contributed by atoms with Crippen LogP contribution in [0.4, 0.5) is 0 Å². The van der Waals surface area contributed by atoms with E-state index in [-0.39, 0.29) is 11.2 Å². The number of nitrogens with zero attached hydrogens (tertiary/aromatic N) is 6. The molecule has 3 aromatic heterocycles. The molecule has 37 heavy (non-hydrogen) atoms. The normalized spacial score (nSPS) is 11.3.